The van der Waals surface area contributed by atoms with E-state index in [0.717, 1.165) is 5.56 Å². The number of ketones is 1. The Labute approximate surface area is 208 Å². The molecule has 0 radical (unpaired) electrons. The Kier molecular flexibility index (Phi) is 6.53. The van der Waals surface area contributed by atoms with Gasteiger partial charge >= 0.3 is 0 Å². The minimum Gasteiger partial charge on any atom is -0.496 e. The molecular weight excluding hydrogens is 475 g/mol. The molecule has 6 nitrogen and oxygen atoms in total. The summed E-state index contributed by atoms with van der Waals surface area (Å²) in [7, 11) is 1.56. The highest BCUT2D eigenvalue weighted by atomic mass is 35.5. The Balaban J connectivity index is 1.76. The molecular formula is C26H24Cl2N2O4. The number of benzene rings is 2. The van der Waals surface area contributed by atoms with E-state index in [1.807, 2.05) is 26.0 Å². The van der Waals surface area contributed by atoms with Crippen LogP contribution in [0, 0.1) is 16.7 Å². The highest BCUT2D eigenvalue weighted by molar-refractivity contribution is 6.34. The number of Topliss-reactive ketones (excluding diaryl/α,β-unsaturated/α-hetero) is 1. The zero-order chi connectivity index (χ0) is 24.6. The normalized spacial score (nSPS) is 19.3. The molecule has 1 aliphatic heterocycles. The molecule has 1 heterocycles. The van der Waals surface area contributed by atoms with Crippen LogP contribution in [0.1, 0.15) is 43.7 Å². The molecule has 176 valence electrons. The summed E-state index contributed by atoms with van der Waals surface area (Å²) >= 11 is 12.3. The number of hydrogen-bond acceptors (Lipinski definition) is 6. The first-order chi connectivity index (χ1) is 16.1. The summed E-state index contributed by atoms with van der Waals surface area (Å²) in [4.78, 5) is 13.2. The molecule has 34 heavy (non-hydrogen) atoms. The Morgan fingerprint density at radius 1 is 1.18 bits per heavy atom. The van der Waals surface area contributed by atoms with Gasteiger partial charge in [0.2, 0.25) is 5.88 Å². The summed E-state index contributed by atoms with van der Waals surface area (Å²) in [6.45, 7) is 4.15. The van der Waals surface area contributed by atoms with Gasteiger partial charge in [-0.05, 0) is 35.2 Å². The number of halogens is 2. The number of allylic oxidation sites excluding steroid dienone is 3. The molecule has 0 fully saturated rings. The third-order valence-corrected chi connectivity index (χ3v) is 6.54. The lowest BCUT2D eigenvalue weighted by Crippen LogP contribution is -2.33. The van der Waals surface area contributed by atoms with Gasteiger partial charge in [0.15, 0.2) is 5.78 Å². The van der Waals surface area contributed by atoms with Crippen molar-refractivity contribution in [3.05, 3.63) is 80.4 Å². The third-order valence-electron chi connectivity index (χ3n) is 5.99. The van der Waals surface area contributed by atoms with Crippen LogP contribution in [0.3, 0.4) is 0 Å². The molecule has 0 bridgehead atoms. The van der Waals surface area contributed by atoms with Crippen LogP contribution in [0.15, 0.2) is 59.2 Å². The first kappa shape index (κ1) is 24.0. The lowest BCUT2D eigenvalue weighted by molar-refractivity contribution is -0.119. The molecule has 2 aliphatic rings. The van der Waals surface area contributed by atoms with E-state index in [0.29, 0.717) is 51.3 Å². The Morgan fingerprint density at radius 2 is 1.94 bits per heavy atom. The van der Waals surface area contributed by atoms with Crippen molar-refractivity contribution in [3.63, 3.8) is 0 Å². The fourth-order valence-electron chi connectivity index (χ4n) is 4.45. The highest BCUT2D eigenvalue weighted by Gasteiger charge is 2.43. The number of ether oxygens (including phenoxy) is 3. The standard InChI is InChI=1S/C26H24Cl2N2O4/c1-26(2)10-19(31)24-22(11-26)34-25(30)17(12-29)23(24)14-4-7-20(32-3)15(8-14)13-33-21-9-16(27)5-6-18(21)28/h4-9,23H,10-11,13,30H2,1-3H3/t23-/m1/s1. The molecule has 0 saturated carbocycles. The van der Waals surface area contributed by atoms with Crippen LogP contribution in [-0.2, 0) is 16.1 Å². The maximum absolute atomic E-state index is 13.2. The number of carbonyl (C=O) groups excluding carboxylic acids is 1. The van der Waals surface area contributed by atoms with E-state index >= 15 is 0 Å². The van der Waals surface area contributed by atoms with Crippen molar-refractivity contribution in [2.45, 2.75) is 39.2 Å². The number of methoxy groups -OCH3 is 1. The van der Waals surface area contributed by atoms with Gasteiger partial charge < -0.3 is 19.9 Å². The number of nitrogens with two attached hydrogens (primary N) is 1. The molecule has 2 aromatic rings. The van der Waals surface area contributed by atoms with E-state index in [9.17, 15) is 10.1 Å². The van der Waals surface area contributed by atoms with Gasteiger partial charge in [-0.2, -0.15) is 5.26 Å². The zero-order valence-corrected chi connectivity index (χ0v) is 20.6. The molecule has 0 aromatic heterocycles. The van der Waals surface area contributed by atoms with Gasteiger partial charge in [0.25, 0.3) is 0 Å². The minimum atomic E-state index is -0.628. The Hall–Kier alpha value is -3.14. The second-order valence-corrected chi connectivity index (χ2v) is 9.98. The van der Waals surface area contributed by atoms with Crippen LogP contribution in [-0.4, -0.2) is 12.9 Å². The Bertz CT molecular complexity index is 1270. The summed E-state index contributed by atoms with van der Waals surface area (Å²) in [6.07, 6.45) is 0.924. The first-order valence-corrected chi connectivity index (χ1v) is 11.5. The largest absolute Gasteiger partial charge is 0.496 e. The number of rotatable bonds is 5. The fraction of sp³-hybridized carbons (Fsp3) is 0.308. The van der Waals surface area contributed by atoms with E-state index in [4.69, 9.17) is 43.1 Å². The van der Waals surface area contributed by atoms with Crippen LogP contribution >= 0.6 is 23.2 Å². The van der Waals surface area contributed by atoms with Crippen molar-refractivity contribution in [1.82, 2.24) is 0 Å². The predicted molar refractivity (Wildman–Crippen MR) is 129 cm³/mol. The van der Waals surface area contributed by atoms with Crippen LogP contribution in [0.4, 0.5) is 0 Å². The molecule has 2 aromatic carbocycles. The molecule has 0 amide bonds. The molecule has 1 aliphatic carbocycles. The second kappa shape index (κ2) is 9.25. The summed E-state index contributed by atoms with van der Waals surface area (Å²) < 4.78 is 17.2. The van der Waals surface area contributed by atoms with E-state index < -0.39 is 5.92 Å². The zero-order valence-electron chi connectivity index (χ0n) is 19.1. The average molecular weight is 499 g/mol. The highest BCUT2D eigenvalue weighted by Crippen LogP contribution is 2.48. The van der Waals surface area contributed by atoms with Crippen molar-refractivity contribution in [3.8, 4) is 17.6 Å². The monoisotopic (exact) mass is 498 g/mol. The van der Waals surface area contributed by atoms with E-state index in [1.165, 1.54) is 0 Å². The van der Waals surface area contributed by atoms with Crippen molar-refractivity contribution in [2.75, 3.05) is 7.11 Å². The number of nitrogens with zero attached hydrogens (tertiary/aromatic N) is 1. The second-order valence-electron chi connectivity index (χ2n) is 9.14. The van der Waals surface area contributed by atoms with Crippen molar-refractivity contribution < 1.29 is 19.0 Å². The summed E-state index contributed by atoms with van der Waals surface area (Å²) in [5.74, 6) is 0.907. The minimum absolute atomic E-state index is 0.0241. The van der Waals surface area contributed by atoms with Crippen LogP contribution in [0.2, 0.25) is 10.0 Å². The van der Waals surface area contributed by atoms with E-state index in [1.54, 1.807) is 31.4 Å². The molecule has 0 unspecified atom stereocenters. The third kappa shape index (κ3) is 4.59. The number of hydrogen-bond donors (Lipinski definition) is 1. The van der Waals surface area contributed by atoms with Gasteiger partial charge in [0.1, 0.15) is 35.5 Å². The molecule has 0 saturated heterocycles. The van der Waals surface area contributed by atoms with E-state index in [2.05, 4.69) is 6.07 Å². The molecule has 4 rings (SSSR count). The molecule has 2 N–H and O–H groups in total. The fourth-order valence-corrected chi connectivity index (χ4v) is 4.79. The SMILES string of the molecule is COc1ccc([C@@H]2C(C#N)=C(N)OC3=C2C(=O)CC(C)(C)C3)cc1COc1cc(Cl)ccc1Cl. The molecule has 1 atom stereocenters. The number of nitriles is 1. The lowest BCUT2D eigenvalue weighted by atomic mass is 9.70. The summed E-state index contributed by atoms with van der Waals surface area (Å²) in [5, 5.41) is 10.8. The van der Waals surface area contributed by atoms with Gasteiger partial charge in [0, 0.05) is 35.1 Å². The van der Waals surface area contributed by atoms with Crippen molar-refractivity contribution in [1.29, 1.82) is 5.26 Å². The van der Waals surface area contributed by atoms with Gasteiger partial charge in [-0.15, -0.1) is 0 Å². The molecule has 0 spiro atoms. The average Bonchev–Trinajstić information content (AvgIpc) is 2.77. The number of carbonyl (C=O) groups is 1. The Morgan fingerprint density at radius 3 is 2.65 bits per heavy atom. The summed E-state index contributed by atoms with van der Waals surface area (Å²) in [6, 6.07) is 12.6. The van der Waals surface area contributed by atoms with Crippen LogP contribution in [0.25, 0.3) is 0 Å². The predicted octanol–water partition coefficient (Wildman–Crippen LogP) is 6.03. The van der Waals surface area contributed by atoms with Crippen LogP contribution in [0.5, 0.6) is 11.5 Å². The first-order valence-electron chi connectivity index (χ1n) is 10.7. The van der Waals surface area contributed by atoms with E-state index in [-0.39, 0.29) is 29.3 Å². The lowest BCUT2D eigenvalue weighted by Gasteiger charge is -2.37. The molecule has 8 heteroatoms. The maximum atomic E-state index is 13.2. The smallest absolute Gasteiger partial charge is 0.205 e. The topological polar surface area (TPSA) is 94.6 Å². The van der Waals surface area contributed by atoms with Crippen molar-refractivity contribution >= 4 is 29.0 Å². The maximum Gasteiger partial charge on any atom is 0.205 e. The van der Waals surface area contributed by atoms with Gasteiger partial charge in [-0.1, -0.05) is 43.1 Å². The van der Waals surface area contributed by atoms with Gasteiger partial charge in [0.05, 0.1) is 18.1 Å². The van der Waals surface area contributed by atoms with Gasteiger partial charge in [-0.3, -0.25) is 4.79 Å². The van der Waals surface area contributed by atoms with Crippen LogP contribution < -0.4 is 15.2 Å². The summed E-state index contributed by atoms with van der Waals surface area (Å²) in [5.41, 5.74) is 8.01. The van der Waals surface area contributed by atoms with Crippen molar-refractivity contribution in [2.24, 2.45) is 11.1 Å². The quantitative estimate of drug-likeness (QED) is 0.540. The van der Waals surface area contributed by atoms with Gasteiger partial charge in [-0.25, -0.2) is 0 Å².